The van der Waals surface area contributed by atoms with Crippen molar-refractivity contribution in [2.24, 2.45) is 0 Å². The molecule has 1 aliphatic rings. The quantitative estimate of drug-likeness (QED) is 0.739. The lowest BCUT2D eigenvalue weighted by atomic mass is 9.99. The van der Waals surface area contributed by atoms with Gasteiger partial charge in [0.15, 0.2) is 0 Å². The van der Waals surface area contributed by atoms with Gasteiger partial charge in [0.2, 0.25) is 0 Å². The molecule has 0 spiro atoms. The van der Waals surface area contributed by atoms with Crippen LogP contribution in [0, 0.1) is 0 Å². The highest BCUT2D eigenvalue weighted by molar-refractivity contribution is 5.75. The third kappa shape index (κ3) is 4.54. The zero-order valence-corrected chi connectivity index (χ0v) is 10.2. The van der Waals surface area contributed by atoms with E-state index in [0.717, 1.165) is 25.7 Å². The van der Waals surface area contributed by atoms with Gasteiger partial charge in [-0.05, 0) is 33.1 Å². The zero-order chi connectivity index (χ0) is 11.3. The molecule has 0 aromatic heterocycles. The Morgan fingerprint density at radius 3 is 2.47 bits per heavy atom. The summed E-state index contributed by atoms with van der Waals surface area (Å²) in [6.45, 7) is 6.29. The van der Waals surface area contributed by atoms with E-state index in [1.54, 1.807) is 0 Å². The standard InChI is InChI=1S/C12H24N2O/c1-4-9-12(2,3)14-11(15)13-10-7-5-6-8-10/h10H,4-9H2,1-3H3,(H2,13,14,15). The first-order valence-electron chi connectivity index (χ1n) is 6.12. The van der Waals surface area contributed by atoms with Crippen LogP contribution in [0.1, 0.15) is 59.3 Å². The Balaban J connectivity index is 2.27. The summed E-state index contributed by atoms with van der Waals surface area (Å²) in [7, 11) is 0. The lowest BCUT2D eigenvalue weighted by Gasteiger charge is -2.26. The number of hydrogen-bond acceptors (Lipinski definition) is 1. The van der Waals surface area contributed by atoms with E-state index in [4.69, 9.17) is 0 Å². The Morgan fingerprint density at radius 1 is 1.33 bits per heavy atom. The summed E-state index contributed by atoms with van der Waals surface area (Å²) in [5, 5.41) is 6.08. The fraction of sp³-hybridized carbons (Fsp3) is 0.917. The predicted octanol–water partition coefficient (Wildman–Crippen LogP) is 2.81. The van der Waals surface area contributed by atoms with Gasteiger partial charge >= 0.3 is 6.03 Å². The van der Waals surface area contributed by atoms with Gasteiger partial charge in [0.05, 0.1) is 0 Å². The number of nitrogens with one attached hydrogen (secondary N) is 2. The van der Waals surface area contributed by atoms with E-state index in [1.165, 1.54) is 12.8 Å². The van der Waals surface area contributed by atoms with Crippen LogP contribution in [0.5, 0.6) is 0 Å². The minimum Gasteiger partial charge on any atom is -0.335 e. The van der Waals surface area contributed by atoms with Gasteiger partial charge in [0.1, 0.15) is 0 Å². The first-order valence-corrected chi connectivity index (χ1v) is 6.12. The first kappa shape index (κ1) is 12.3. The third-order valence-electron chi connectivity index (χ3n) is 3.02. The summed E-state index contributed by atoms with van der Waals surface area (Å²) in [4.78, 5) is 11.7. The van der Waals surface area contributed by atoms with Crippen molar-refractivity contribution in [3.8, 4) is 0 Å². The molecule has 3 nitrogen and oxygen atoms in total. The highest BCUT2D eigenvalue weighted by atomic mass is 16.2. The molecule has 0 aromatic carbocycles. The number of amides is 2. The molecule has 1 saturated carbocycles. The molecule has 3 heteroatoms. The average molecular weight is 212 g/mol. The maximum atomic E-state index is 11.7. The Labute approximate surface area is 93.0 Å². The van der Waals surface area contributed by atoms with Crippen molar-refractivity contribution in [2.45, 2.75) is 70.9 Å². The molecular weight excluding hydrogens is 188 g/mol. The van der Waals surface area contributed by atoms with Crippen molar-refractivity contribution in [3.63, 3.8) is 0 Å². The Kier molecular flexibility index (Phi) is 4.43. The van der Waals surface area contributed by atoms with E-state index >= 15 is 0 Å². The highest BCUT2D eigenvalue weighted by Crippen LogP contribution is 2.17. The van der Waals surface area contributed by atoms with Crippen LogP contribution in [0.3, 0.4) is 0 Å². The van der Waals surface area contributed by atoms with Crippen LogP contribution in [-0.4, -0.2) is 17.6 Å². The lowest BCUT2D eigenvalue weighted by Crippen LogP contribution is -2.50. The van der Waals surface area contributed by atoms with E-state index in [0.29, 0.717) is 6.04 Å². The molecule has 2 amide bonds. The average Bonchev–Trinajstić information content (AvgIpc) is 2.54. The summed E-state index contributed by atoms with van der Waals surface area (Å²) in [5.41, 5.74) is -0.0859. The summed E-state index contributed by atoms with van der Waals surface area (Å²) in [6.07, 6.45) is 6.90. The van der Waals surface area contributed by atoms with Crippen LogP contribution in [0.4, 0.5) is 4.79 Å². The van der Waals surface area contributed by atoms with Crippen molar-refractivity contribution >= 4 is 6.03 Å². The molecule has 0 aliphatic heterocycles. The van der Waals surface area contributed by atoms with Crippen molar-refractivity contribution in [2.75, 3.05) is 0 Å². The number of hydrogen-bond donors (Lipinski definition) is 2. The van der Waals surface area contributed by atoms with Gasteiger partial charge < -0.3 is 10.6 Å². The van der Waals surface area contributed by atoms with E-state index in [-0.39, 0.29) is 11.6 Å². The van der Waals surface area contributed by atoms with E-state index in [9.17, 15) is 4.79 Å². The van der Waals surface area contributed by atoms with Crippen LogP contribution in [-0.2, 0) is 0 Å². The van der Waals surface area contributed by atoms with Crippen LogP contribution < -0.4 is 10.6 Å². The SMILES string of the molecule is CCCC(C)(C)NC(=O)NC1CCCC1. The summed E-state index contributed by atoms with van der Waals surface area (Å²) in [5.74, 6) is 0. The number of urea groups is 1. The maximum absolute atomic E-state index is 11.7. The van der Waals surface area contributed by atoms with Crippen LogP contribution in [0.2, 0.25) is 0 Å². The van der Waals surface area contributed by atoms with Crippen molar-refractivity contribution in [1.29, 1.82) is 0 Å². The Bertz CT molecular complexity index is 208. The van der Waals surface area contributed by atoms with Crippen molar-refractivity contribution in [3.05, 3.63) is 0 Å². The van der Waals surface area contributed by atoms with E-state index in [2.05, 4.69) is 31.4 Å². The minimum atomic E-state index is -0.0859. The second-order valence-electron chi connectivity index (χ2n) is 5.21. The molecule has 15 heavy (non-hydrogen) atoms. The third-order valence-corrected chi connectivity index (χ3v) is 3.02. The monoisotopic (exact) mass is 212 g/mol. The Hall–Kier alpha value is -0.730. The minimum absolute atomic E-state index is 0.000324. The van der Waals surface area contributed by atoms with Crippen LogP contribution in [0.15, 0.2) is 0 Å². The Morgan fingerprint density at radius 2 is 1.93 bits per heavy atom. The molecule has 0 saturated heterocycles. The first-order chi connectivity index (χ1) is 7.03. The molecule has 88 valence electrons. The molecule has 0 heterocycles. The number of carbonyl (C=O) groups excluding carboxylic acids is 1. The van der Waals surface area contributed by atoms with Crippen LogP contribution in [0.25, 0.3) is 0 Å². The van der Waals surface area contributed by atoms with Gasteiger partial charge in [0.25, 0.3) is 0 Å². The van der Waals surface area contributed by atoms with E-state index in [1.807, 2.05) is 0 Å². The van der Waals surface area contributed by atoms with Crippen molar-refractivity contribution < 1.29 is 4.79 Å². The molecule has 2 N–H and O–H groups in total. The molecule has 1 aliphatic carbocycles. The molecule has 0 aromatic rings. The largest absolute Gasteiger partial charge is 0.335 e. The van der Waals surface area contributed by atoms with Crippen LogP contribution >= 0.6 is 0 Å². The normalized spacial score (nSPS) is 17.8. The zero-order valence-electron chi connectivity index (χ0n) is 10.2. The molecule has 1 fully saturated rings. The summed E-state index contributed by atoms with van der Waals surface area (Å²) < 4.78 is 0. The smallest absolute Gasteiger partial charge is 0.315 e. The molecule has 0 bridgehead atoms. The fourth-order valence-electron chi connectivity index (χ4n) is 2.29. The second kappa shape index (κ2) is 5.38. The topological polar surface area (TPSA) is 41.1 Å². The van der Waals surface area contributed by atoms with E-state index < -0.39 is 0 Å². The van der Waals surface area contributed by atoms with Gasteiger partial charge in [-0.25, -0.2) is 4.79 Å². The molecule has 0 radical (unpaired) electrons. The molecule has 1 rings (SSSR count). The molecule has 0 unspecified atom stereocenters. The van der Waals surface area contributed by atoms with Gasteiger partial charge in [-0.2, -0.15) is 0 Å². The van der Waals surface area contributed by atoms with Gasteiger partial charge in [0, 0.05) is 11.6 Å². The lowest BCUT2D eigenvalue weighted by molar-refractivity contribution is 0.224. The van der Waals surface area contributed by atoms with Crippen molar-refractivity contribution in [1.82, 2.24) is 10.6 Å². The highest BCUT2D eigenvalue weighted by Gasteiger charge is 2.22. The summed E-state index contributed by atoms with van der Waals surface area (Å²) in [6, 6.07) is 0.405. The maximum Gasteiger partial charge on any atom is 0.315 e. The molecule has 0 atom stereocenters. The predicted molar refractivity (Wildman–Crippen MR) is 62.9 cm³/mol. The second-order valence-corrected chi connectivity index (χ2v) is 5.21. The van der Waals surface area contributed by atoms with Gasteiger partial charge in [-0.1, -0.05) is 26.2 Å². The van der Waals surface area contributed by atoms with Gasteiger partial charge in [-0.3, -0.25) is 0 Å². The fourth-order valence-corrected chi connectivity index (χ4v) is 2.29. The number of carbonyl (C=O) groups is 1. The number of rotatable bonds is 4. The molecular formula is C12H24N2O. The van der Waals surface area contributed by atoms with Gasteiger partial charge in [-0.15, -0.1) is 0 Å². The summed E-state index contributed by atoms with van der Waals surface area (Å²) >= 11 is 0.